The van der Waals surface area contributed by atoms with Crippen molar-refractivity contribution in [2.45, 2.75) is 25.8 Å². The van der Waals surface area contributed by atoms with Crippen LogP contribution in [0.4, 0.5) is 5.69 Å². The molecule has 2 aromatic rings. The summed E-state index contributed by atoms with van der Waals surface area (Å²) in [6.07, 6.45) is 8.43. The predicted molar refractivity (Wildman–Crippen MR) is 78.2 cm³/mol. The molecule has 20 heavy (non-hydrogen) atoms. The van der Waals surface area contributed by atoms with E-state index in [0.717, 1.165) is 6.54 Å². The molecule has 0 radical (unpaired) electrons. The molecule has 0 N–H and O–H groups in total. The van der Waals surface area contributed by atoms with Gasteiger partial charge in [-0.3, -0.25) is 0 Å². The number of halogens is 1. The number of anilines is 1. The van der Waals surface area contributed by atoms with E-state index < -0.39 is 0 Å². The van der Waals surface area contributed by atoms with Gasteiger partial charge in [0.2, 0.25) is 0 Å². The Balaban J connectivity index is 0.00000147. The van der Waals surface area contributed by atoms with Gasteiger partial charge >= 0.3 is 0 Å². The Morgan fingerprint density at radius 1 is 0.850 bits per heavy atom. The van der Waals surface area contributed by atoms with E-state index in [1.165, 1.54) is 43.6 Å². The molecular formula is C17H21BrN2. The van der Waals surface area contributed by atoms with Gasteiger partial charge in [0.15, 0.2) is 18.9 Å². The molecular weight excluding hydrogens is 312 g/mol. The first kappa shape index (κ1) is 15.0. The standard InChI is InChI=1S/C17H21N2.BrH/c1-3-7-16(8-4-1)15-18-13-9-17(10-14-18)19-11-5-2-6-12-19;/h1,3-4,7-10,13-14H,2,5-6,11-12,15H2;1H/q+1;/p-1. The summed E-state index contributed by atoms with van der Waals surface area (Å²) in [6.45, 7) is 3.37. The zero-order valence-electron chi connectivity index (χ0n) is 11.7. The van der Waals surface area contributed by atoms with Gasteiger partial charge in [-0.1, -0.05) is 30.3 Å². The maximum Gasteiger partial charge on any atom is 0.173 e. The van der Waals surface area contributed by atoms with E-state index >= 15 is 0 Å². The van der Waals surface area contributed by atoms with Crippen LogP contribution in [0.15, 0.2) is 54.9 Å². The average molecular weight is 333 g/mol. The van der Waals surface area contributed by atoms with E-state index in [-0.39, 0.29) is 17.0 Å². The van der Waals surface area contributed by atoms with E-state index in [1.54, 1.807) is 0 Å². The van der Waals surface area contributed by atoms with Crippen LogP contribution >= 0.6 is 0 Å². The van der Waals surface area contributed by atoms with Crippen LogP contribution in [0.5, 0.6) is 0 Å². The third kappa shape index (κ3) is 3.83. The second-order valence-corrected chi connectivity index (χ2v) is 5.26. The zero-order valence-corrected chi connectivity index (χ0v) is 13.3. The Labute approximate surface area is 131 Å². The molecule has 2 heterocycles. The number of hydrogen-bond donors (Lipinski definition) is 0. The van der Waals surface area contributed by atoms with Crippen LogP contribution in [-0.2, 0) is 6.54 Å². The van der Waals surface area contributed by atoms with Gasteiger partial charge in [-0.2, -0.15) is 0 Å². The van der Waals surface area contributed by atoms with Gasteiger partial charge in [0.1, 0.15) is 0 Å². The summed E-state index contributed by atoms with van der Waals surface area (Å²) < 4.78 is 2.24. The van der Waals surface area contributed by atoms with Gasteiger partial charge in [0, 0.05) is 36.5 Å². The molecule has 0 spiro atoms. The van der Waals surface area contributed by atoms with Crippen molar-refractivity contribution in [1.82, 2.24) is 0 Å². The minimum atomic E-state index is 0. The van der Waals surface area contributed by atoms with Crippen LogP contribution in [-0.4, -0.2) is 13.1 Å². The third-order valence-electron chi connectivity index (χ3n) is 3.80. The van der Waals surface area contributed by atoms with Crippen LogP contribution in [0.25, 0.3) is 0 Å². The molecule has 1 saturated heterocycles. The van der Waals surface area contributed by atoms with Crippen LogP contribution in [0.2, 0.25) is 0 Å². The van der Waals surface area contributed by atoms with E-state index in [2.05, 4.69) is 64.3 Å². The zero-order chi connectivity index (χ0) is 12.9. The summed E-state index contributed by atoms with van der Waals surface area (Å²) in [5, 5.41) is 0. The Morgan fingerprint density at radius 3 is 2.15 bits per heavy atom. The molecule has 1 aliphatic heterocycles. The normalized spacial score (nSPS) is 14.7. The number of pyridine rings is 1. The molecule has 0 saturated carbocycles. The lowest BCUT2D eigenvalue weighted by Gasteiger charge is -2.28. The van der Waals surface area contributed by atoms with Crippen LogP contribution in [0.3, 0.4) is 0 Å². The fourth-order valence-electron chi connectivity index (χ4n) is 2.71. The van der Waals surface area contributed by atoms with Crippen molar-refractivity contribution in [2.75, 3.05) is 18.0 Å². The maximum absolute atomic E-state index is 2.50. The first-order valence-corrected chi connectivity index (χ1v) is 7.20. The highest BCUT2D eigenvalue weighted by atomic mass is 79.9. The molecule has 1 aliphatic rings. The number of benzene rings is 1. The predicted octanol–water partition coefficient (Wildman–Crippen LogP) is 0.0167. The second kappa shape index (κ2) is 7.44. The molecule has 3 rings (SSSR count). The summed E-state index contributed by atoms with van der Waals surface area (Å²) in [7, 11) is 0. The van der Waals surface area contributed by atoms with Gasteiger partial charge < -0.3 is 21.9 Å². The first-order valence-electron chi connectivity index (χ1n) is 7.20. The van der Waals surface area contributed by atoms with Crippen molar-refractivity contribution in [1.29, 1.82) is 0 Å². The fourth-order valence-corrected chi connectivity index (χ4v) is 2.71. The number of hydrogen-bond acceptors (Lipinski definition) is 1. The van der Waals surface area contributed by atoms with Crippen LogP contribution in [0, 0.1) is 0 Å². The Bertz CT molecular complexity index is 504. The van der Waals surface area contributed by atoms with Crippen molar-refractivity contribution in [2.24, 2.45) is 0 Å². The molecule has 2 nitrogen and oxygen atoms in total. The molecule has 0 unspecified atom stereocenters. The Kier molecular flexibility index (Phi) is 5.60. The largest absolute Gasteiger partial charge is 1.00 e. The highest BCUT2D eigenvalue weighted by Gasteiger charge is 2.12. The maximum atomic E-state index is 2.50. The van der Waals surface area contributed by atoms with E-state index in [0.29, 0.717) is 0 Å². The number of piperidine rings is 1. The molecule has 1 fully saturated rings. The van der Waals surface area contributed by atoms with Gasteiger partial charge in [-0.25, -0.2) is 4.57 Å². The molecule has 0 atom stereocenters. The van der Waals surface area contributed by atoms with E-state index in [9.17, 15) is 0 Å². The number of rotatable bonds is 3. The topological polar surface area (TPSA) is 7.12 Å². The smallest absolute Gasteiger partial charge is 0.173 e. The summed E-state index contributed by atoms with van der Waals surface area (Å²) in [6, 6.07) is 15.1. The molecule has 0 bridgehead atoms. The van der Waals surface area contributed by atoms with Crippen molar-refractivity contribution >= 4 is 5.69 Å². The summed E-state index contributed by atoms with van der Waals surface area (Å²) >= 11 is 0. The van der Waals surface area contributed by atoms with Crippen molar-refractivity contribution < 1.29 is 21.5 Å². The lowest BCUT2D eigenvalue weighted by molar-refractivity contribution is -0.688. The Morgan fingerprint density at radius 2 is 1.50 bits per heavy atom. The second-order valence-electron chi connectivity index (χ2n) is 5.26. The summed E-state index contributed by atoms with van der Waals surface area (Å²) in [5.41, 5.74) is 2.71. The SMILES string of the molecule is [Br-].c1ccc(C[n+]2ccc(N3CCCCC3)cc2)cc1. The molecule has 0 aliphatic carbocycles. The van der Waals surface area contributed by atoms with Crippen LogP contribution in [0.1, 0.15) is 24.8 Å². The lowest BCUT2D eigenvalue weighted by atomic mass is 10.1. The van der Waals surface area contributed by atoms with Crippen molar-refractivity contribution in [3.63, 3.8) is 0 Å². The number of aromatic nitrogens is 1. The van der Waals surface area contributed by atoms with Crippen molar-refractivity contribution in [3.05, 3.63) is 60.4 Å². The van der Waals surface area contributed by atoms with Gasteiger partial charge in [-0.05, 0) is 19.3 Å². The number of nitrogens with zero attached hydrogens (tertiary/aromatic N) is 2. The quantitative estimate of drug-likeness (QED) is 0.719. The monoisotopic (exact) mass is 332 g/mol. The molecule has 0 amide bonds. The average Bonchev–Trinajstić information content (AvgIpc) is 2.50. The minimum Gasteiger partial charge on any atom is -1.00 e. The molecule has 106 valence electrons. The van der Waals surface area contributed by atoms with Gasteiger partial charge in [-0.15, -0.1) is 0 Å². The first-order chi connectivity index (χ1) is 9.42. The molecule has 1 aromatic carbocycles. The van der Waals surface area contributed by atoms with E-state index in [4.69, 9.17) is 0 Å². The molecule has 1 aromatic heterocycles. The highest BCUT2D eigenvalue weighted by Crippen LogP contribution is 2.17. The van der Waals surface area contributed by atoms with Crippen molar-refractivity contribution in [3.8, 4) is 0 Å². The fraction of sp³-hybridized carbons (Fsp3) is 0.353. The Hall–Kier alpha value is -1.35. The summed E-state index contributed by atoms with van der Waals surface area (Å²) in [5.74, 6) is 0. The summed E-state index contributed by atoms with van der Waals surface area (Å²) in [4.78, 5) is 2.50. The van der Waals surface area contributed by atoms with E-state index in [1.807, 2.05) is 0 Å². The van der Waals surface area contributed by atoms with Crippen LogP contribution < -0.4 is 26.4 Å². The lowest BCUT2D eigenvalue weighted by Crippen LogP contribution is -3.00. The van der Waals surface area contributed by atoms with Gasteiger partial charge in [0.05, 0.1) is 0 Å². The molecule has 3 heteroatoms. The third-order valence-corrected chi connectivity index (χ3v) is 3.80. The van der Waals surface area contributed by atoms with Gasteiger partial charge in [0.25, 0.3) is 0 Å². The highest BCUT2D eigenvalue weighted by molar-refractivity contribution is 5.43. The minimum absolute atomic E-state index is 0.